The van der Waals surface area contributed by atoms with Gasteiger partial charge in [0.05, 0.1) is 4.47 Å². The molecule has 0 amide bonds. The Labute approximate surface area is 113 Å². The van der Waals surface area contributed by atoms with Gasteiger partial charge in [-0.1, -0.05) is 36.4 Å². The maximum atomic E-state index is 10.0. The molecular formula is C15H10BrNO. The lowest BCUT2D eigenvalue weighted by Crippen LogP contribution is -1.85. The summed E-state index contributed by atoms with van der Waals surface area (Å²) in [5.41, 5.74) is 2.78. The summed E-state index contributed by atoms with van der Waals surface area (Å²) in [6, 6.07) is 15.8. The Bertz CT molecular complexity index is 710. The molecule has 3 rings (SSSR count). The molecular weight excluding hydrogens is 290 g/mol. The van der Waals surface area contributed by atoms with E-state index in [1.807, 2.05) is 48.5 Å². The second kappa shape index (κ2) is 4.42. The molecule has 0 saturated carbocycles. The van der Waals surface area contributed by atoms with Crippen LogP contribution in [-0.4, -0.2) is 10.1 Å². The Kier molecular flexibility index (Phi) is 2.76. The molecule has 0 aliphatic heterocycles. The van der Waals surface area contributed by atoms with Gasteiger partial charge in [-0.3, -0.25) is 4.98 Å². The number of aromatic hydroxyl groups is 1. The van der Waals surface area contributed by atoms with Gasteiger partial charge in [0, 0.05) is 11.6 Å². The Balaban J connectivity index is 2.40. The first-order valence-electron chi connectivity index (χ1n) is 5.59. The minimum Gasteiger partial charge on any atom is -0.505 e. The Hall–Kier alpha value is -1.87. The predicted molar refractivity (Wildman–Crippen MR) is 76.5 cm³/mol. The van der Waals surface area contributed by atoms with Crippen LogP contribution in [0.4, 0.5) is 0 Å². The molecule has 1 aromatic heterocycles. The van der Waals surface area contributed by atoms with E-state index < -0.39 is 0 Å². The van der Waals surface area contributed by atoms with Crippen molar-refractivity contribution in [2.24, 2.45) is 0 Å². The summed E-state index contributed by atoms with van der Waals surface area (Å²) in [5.74, 6) is 0.185. The average Bonchev–Trinajstić information content (AvgIpc) is 2.44. The highest BCUT2D eigenvalue weighted by atomic mass is 79.9. The summed E-state index contributed by atoms with van der Waals surface area (Å²) in [4.78, 5) is 4.25. The van der Waals surface area contributed by atoms with E-state index >= 15 is 0 Å². The average molecular weight is 300 g/mol. The molecule has 1 N–H and O–H groups in total. The quantitative estimate of drug-likeness (QED) is 0.724. The van der Waals surface area contributed by atoms with Crippen LogP contribution < -0.4 is 0 Å². The topological polar surface area (TPSA) is 33.1 Å². The normalized spacial score (nSPS) is 10.7. The molecule has 1 heterocycles. The van der Waals surface area contributed by atoms with Crippen LogP contribution in [0.2, 0.25) is 0 Å². The molecule has 0 saturated heterocycles. The van der Waals surface area contributed by atoms with E-state index in [-0.39, 0.29) is 5.75 Å². The molecule has 88 valence electrons. The fourth-order valence-electron chi connectivity index (χ4n) is 2.05. The molecule has 0 atom stereocenters. The Morgan fingerprint density at radius 3 is 2.56 bits per heavy atom. The third kappa shape index (κ3) is 1.77. The number of hydrogen-bond acceptors (Lipinski definition) is 2. The van der Waals surface area contributed by atoms with Crippen molar-refractivity contribution in [3.63, 3.8) is 0 Å². The second-order valence-electron chi connectivity index (χ2n) is 4.02. The molecule has 0 aliphatic rings. The van der Waals surface area contributed by atoms with Crippen molar-refractivity contribution >= 4 is 26.8 Å². The molecule has 2 nitrogen and oxygen atoms in total. The highest BCUT2D eigenvalue weighted by molar-refractivity contribution is 9.10. The van der Waals surface area contributed by atoms with Gasteiger partial charge in [0.25, 0.3) is 0 Å². The summed E-state index contributed by atoms with van der Waals surface area (Å²) in [5, 5.41) is 11.0. The van der Waals surface area contributed by atoms with Crippen molar-refractivity contribution in [2.75, 3.05) is 0 Å². The number of benzene rings is 2. The third-order valence-corrected chi connectivity index (χ3v) is 3.51. The third-order valence-electron chi connectivity index (χ3n) is 2.90. The number of phenols is 1. The van der Waals surface area contributed by atoms with Crippen molar-refractivity contribution in [3.8, 4) is 16.9 Å². The number of phenolic OH excluding ortho intramolecular Hbond substituents is 1. The summed E-state index contributed by atoms with van der Waals surface area (Å²) in [6.45, 7) is 0. The van der Waals surface area contributed by atoms with Crippen LogP contribution in [0.3, 0.4) is 0 Å². The first kappa shape index (κ1) is 11.2. The van der Waals surface area contributed by atoms with Gasteiger partial charge in [-0.15, -0.1) is 0 Å². The number of fused-ring (bicyclic) bond motifs is 1. The van der Waals surface area contributed by atoms with Gasteiger partial charge in [0.2, 0.25) is 0 Å². The van der Waals surface area contributed by atoms with Crippen molar-refractivity contribution in [1.82, 2.24) is 4.98 Å². The number of rotatable bonds is 1. The van der Waals surface area contributed by atoms with Crippen molar-refractivity contribution < 1.29 is 5.11 Å². The highest BCUT2D eigenvalue weighted by Crippen LogP contribution is 2.38. The maximum absolute atomic E-state index is 10.0. The van der Waals surface area contributed by atoms with Crippen LogP contribution in [-0.2, 0) is 0 Å². The zero-order chi connectivity index (χ0) is 12.5. The van der Waals surface area contributed by atoms with Crippen LogP contribution in [0.25, 0.3) is 22.0 Å². The molecule has 2 aromatic carbocycles. The van der Waals surface area contributed by atoms with Crippen molar-refractivity contribution in [2.45, 2.75) is 0 Å². The zero-order valence-electron chi connectivity index (χ0n) is 9.47. The first-order valence-corrected chi connectivity index (χ1v) is 6.38. The van der Waals surface area contributed by atoms with Crippen LogP contribution in [0.1, 0.15) is 0 Å². The molecule has 3 heteroatoms. The van der Waals surface area contributed by atoms with Crippen LogP contribution in [0, 0.1) is 0 Å². The smallest absolute Gasteiger partial charge is 0.156 e. The SMILES string of the molecule is Oc1c(Br)cc(-c2ccccc2)c2cccnc12. The van der Waals surface area contributed by atoms with E-state index in [1.165, 1.54) is 0 Å². The fraction of sp³-hybridized carbons (Fsp3) is 0. The summed E-state index contributed by atoms with van der Waals surface area (Å²) < 4.78 is 0.660. The van der Waals surface area contributed by atoms with E-state index in [4.69, 9.17) is 0 Å². The van der Waals surface area contributed by atoms with E-state index in [9.17, 15) is 5.11 Å². The van der Waals surface area contributed by atoms with Crippen LogP contribution in [0.15, 0.2) is 59.2 Å². The molecule has 0 spiro atoms. The molecule has 0 unspecified atom stereocenters. The van der Waals surface area contributed by atoms with Gasteiger partial charge in [0.15, 0.2) is 5.75 Å². The summed E-state index contributed by atoms with van der Waals surface area (Å²) in [7, 11) is 0. The number of hydrogen-bond donors (Lipinski definition) is 1. The van der Waals surface area contributed by atoms with Crippen molar-refractivity contribution in [1.29, 1.82) is 0 Å². The van der Waals surface area contributed by atoms with Gasteiger partial charge in [-0.2, -0.15) is 0 Å². The maximum Gasteiger partial charge on any atom is 0.156 e. The number of halogens is 1. The number of aromatic nitrogens is 1. The lowest BCUT2D eigenvalue weighted by molar-refractivity contribution is 0.477. The van der Waals surface area contributed by atoms with Gasteiger partial charge in [-0.25, -0.2) is 0 Å². The highest BCUT2D eigenvalue weighted by Gasteiger charge is 2.11. The molecule has 18 heavy (non-hydrogen) atoms. The van der Waals surface area contributed by atoms with Gasteiger partial charge >= 0.3 is 0 Å². The Morgan fingerprint density at radius 1 is 1.00 bits per heavy atom. The van der Waals surface area contributed by atoms with E-state index in [0.717, 1.165) is 16.5 Å². The van der Waals surface area contributed by atoms with Gasteiger partial charge in [-0.05, 0) is 39.2 Å². The predicted octanol–water partition coefficient (Wildman–Crippen LogP) is 4.37. The van der Waals surface area contributed by atoms with E-state index in [1.54, 1.807) is 6.20 Å². The summed E-state index contributed by atoms with van der Waals surface area (Å²) in [6.07, 6.45) is 1.68. The fourth-order valence-corrected chi connectivity index (χ4v) is 2.47. The minimum atomic E-state index is 0.185. The zero-order valence-corrected chi connectivity index (χ0v) is 11.1. The van der Waals surface area contributed by atoms with Gasteiger partial charge in [0.1, 0.15) is 5.52 Å². The van der Waals surface area contributed by atoms with Crippen molar-refractivity contribution in [3.05, 3.63) is 59.2 Å². The van der Waals surface area contributed by atoms with Crippen LogP contribution in [0.5, 0.6) is 5.75 Å². The molecule has 0 fully saturated rings. The summed E-state index contributed by atoms with van der Waals surface area (Å²) >= 11 is 3.37. The number of nitrogens with zero attached hydrogens (tertiary/aromatic N) is 1. The molecule has 0 radical (unpaired) electrons. The lowest BCUT2D eigenvalue weighted by Gasteiger charge is -2.09. The largest absolute Gasteiger partial charge is 0.505 e. The van der Waals surface area contributed by atoms with Crippen LogP contribution >= 0.6 is 15.9 Å². The number of pyridine rings is 1. The molecule has 0 aliphatic carbocycles. The van der Waals surface area contributed by atoms with E-state index in [0.29, 0.717) is 9.99 Å². The molecule has 0 bridgehead atoms. The van der Waals surface area contributed by atoms with E-state index in [2.05, 4.69) is 20.9 Å². The monoisotopic (exact) mass is 299 g/mol. The Morgan fingerprint density at radius 2 is 1.78 bits per heavy atom. The van der Waals surface area contributed by atoms with Gasteiger partial charge < -0.3 is 5.11 Å². The first-order chi connectivity index (χ1) is 8.77. The minimum absolute atomic E-state index is 0.185. The second-order valence-corrected chi connectivity index (χ2v) is 4.87. The lowest BCUT2D eigenvalue weighted by atomic mass is 10.0. The standard InChI is InChI=1S/C15H10BrNO/c16-13-9-12(10-5-2-1-3-6-10)11-7-4-8-17-14(11)15(13)18/h1-9,18H. The molecule has 3 aromatic rings.